The van der Waals surface area contributed by atoms with Crippen molar-refractivity contribution in [2.24, 2.45) is 0 Å². The number of carbonyl (C=O) groups excluding carboxylic acids is 2. The number of benzene rings is 1. The molecule has 2 aliphatic rings. The highest BCUT2D eigenvalue weighted by molar-refractivity contribution is 5.96. The Hall–Kier alpha value is -1.92. The van der Waals surface area contributed by atoms with Crippen molar-refractivity contribution >= 4 is 11.9 Å². The lowest BCUT2D eigenvalue weighted by Crippen LogP contribution is -2.49. The first-order valence-electron chi connectivity index (χ1n) is 8.11. The van der Waals surface area contributed by atoms with Crippen LogP contribution in [0.15, 0.2) is 24.3 Å². The number of hydrogen-bond acceptors (Lipinski definition) is 5. The number of amides is 1. The van der Waals surface area contributed by atoms with Crippen molar-refractivity contribution < 1.29 is 14.3 Å². The fourth-order valence-electron chi connectivity index (χ4n) is 3.32. The predicted molar refractivity (Wildman–Crippen MR) is 86.5 cm³/mol. The van der Waals surface area contributed by atoms with Gasteiger partial charge in [-0.3, -0.25) is 9.69 Å². The van der Waals surface area contributed by atoms with Gasteiger partial charge in [-0.15, -0.1) is 0 Å². The van der Waals surface area contributed by atoms with E-state index in [1.807, 2.05) is 4.90 Å². The van der Waals surface area contributed by atoms with Crippen LogP contribution < -0.4 is 5.32 Å². The molecular formula is C17H23N3O3. The Labute approximate surface area is 136 Å². The predicted octanol–water partition coefficient (Wildman–Crippen LogP) is 0.593. The summed E-state index contributed by atoms with van der Waals surface area (Å²) in [6, 6.07) is 7.15. The maximum Gasteiger partial charge on any atom is 0.337 e. The Morgan fingerprint density at radius 1 is 1.09 bits per heavy atom. The molecule has 2 saturated heterocycles. The Morgan fingerprint density at radius 3 is 2.39 bits per heavy atom. The highest BCUT2D eigenvalue weighted by Crippen LogP contribution is 2.19. The van der Waals surface area contributed by atoms with Gasteiger partial charge in [0.25, 0.3) is 5.91 Å². The first-order chi connectivity index (χ1) is 11.2. The maximum absolute atomic E-state index is 12.6. The lowest BCUT2D eigenvalue weighted by Gasteiger charge is -2.32. The Kier molecular flexibility index (Phi) is 4.93. The molecule has 23 heavy (non-hydrogen) atoms. The summed E-state index contributed by atoms with van der Waals surface area (Å²) in [4.78, 5) is 28.4. The van der Waals surface area contributed by atoms with E-state index in [1.165, 1.54) is 7.11 Å². The second kappa shape index (κ2) is 7.10. The van der Waals surface area contributed by atoms with E-state index in [4.69, 9.17) is 0 Å². The van der Waals surface area contributed by atoms with Gasteiger partial charge in [-0.2, -0.15) is 0 Å². The maximum atomic E-state index is 12.6. The number of ether oxygens (including phenoxy) is 1. The molecule has 2 heterocycles. The Balaban J connectivity index is 1.61. The molecule has 0 saturated carbocycles. The average Bonchev–Trinajstić information content (AvgIpc) is 3.11. The minimum absolute atomic E-state index is 0.0408. The summed E-state index contributed by atoms with van der Waals surface area (Å²) >= 11 is 0. The van der Waals surface area contributed by atoms with Gasteiger partial charge in [-0.1, -0.05) is 0 Å². The van der Waals surface area contributed by atoms with Gasteiger partial charge in [-0.05, 0) is 30.7 Å². The summed E-state index contributed by atoms with van der Waals surface area (Å²) < 4.78 is 4.67. The number of hydrogen-bond donors (Lipinski definition) is 1. The number of rotatable bonds is 3. The molecular weight excluding hydrogens is 294 g/mol. The van der Waals surface area contributed by atoms with Crippen LogP contribution >= 0.6 is 0 Å². The number of nitrogens with zero attached hydrogens (tertiary/aromatic N) is 2. The third-order valence-corrected chi connectivity index (χ3v) is 4.67. The lowest BCUT2D eigenvalue weighted by molar-refractivity contribution is 0.0600. The van der Waals surface area contributed by atoms with Crippen molar-refractivity contribution in [2.45, 2.75) is 12.5 Å². The van der Waals surface area contributed by atoms with E-state index in [-0.39, 0.29) is 11.9 Å². The highest BCUT2D eigenvalue weighted by atomic mass is 16.5. The van der Waals surface area contributed by atoms with E-state index in [2.05, 4.69) is 15.0 Å². The number of esters is 1. The van der Waals surface area contributed by atoms with Crippen LogP contribution in [0.4, 0.5) is 0 Å². The zero-order valence-electron chi connectivity index (χ0n) is 13.5. The minimum atomic E-state index is -0.385. The first kappa shape index (κ1) is 16.0. The molecule has 124 valence electrons. The van der Waals surface area contributed by atoms with Crippen LogP contribution in [0.25, 0.3) is 0 Å². The van der Waals surface area contributed by atoms with Gasteiger partial charge in [0.2, 0.25) is 0 Å². The van der Waals surface area contributed by atoms with Gasteiger partial charge in [0, 0.05) is 50.9 Å². The van der Waals surface area contributed by atoms with Crippen molar-refractivity contribution in [2.75, 3.05) is 46.4 Å². The number of piperazine rings is 1. The summed E-state index contributed by atoms with van der Waals surface area (Å²) in [7, 11) is 1.35. The van der Waals surface area contributed by atoms with E-state index < -0.39 is 0 Å². The van der Waals surface area contributed by atoms with Crippen LogP contribution in [0.5, 0.6) is 0 Å². The second-order valence-corrected chi connectivity index (χ2v) is 6.05. The summed E-state index contributed by atoms with van der Waals surface area (Å²) in [5, 5.41) is 3.36. The van der Waals surface area contributed by atoms with E-state index in [9.17, 15) is 9.59 Å². The van der Waals surface area contributed by atoms with Crippen LogP contribution in [0.2, 0.25) is 0 Å². The standard InChI is InChI=1S/C17H23N3O3/c1-23-17(22)14-4-2-13(3-5-14)16(21)20-9-6-15(12-20)19-10-7-18-8-11-19/h2-5,15,18H,6-12H2,1H3. The number of carbonyl (C=O) groups is 2. The second-order valence-electron chi connectivity index (χ2n) is 6.05. The number of methoxy groups -OCH3 is 1. The summed E-state index contributed by atoms with van der Waals surface area (Å²) in [5.74, 6) is -0.344. The molecule has 0 bridgehead atoms. The van der Waals surface area contributed by atoms with Gasteiger partial charge in [0.05, 0.1) is 12.7 Å². The van der Waals surface area contributed by atoms with Gasteiger partial charge in [0.15, 0.2) is 0 Å². The molecule has 1 N–H and O–H groups in total. The van der Waals surface area contributed by atoms with Gasteiger partial charge >= 0.3 is 5.97 Å². The van der Waals surface area contributed by atoms with Crippen LogP contribution in [-0.4, -0.2) is 74.1 Å². The van der Waals surface area contributed by atoms with Crippen LogP contribution in [0.3, 0.4) is 0 Å². The highest BCUT2D eigenvalue weighted by Gasteiger charge is 2.31. The molecule has 1 aromatic carbocycles. The molecule has 2 fully saturated rings. The van der Waals surface area contributed by atoms with Gasteiger partial charge in [0.1, 0.15) is 0 Å². The molecule has 0 aromatic heterocycles. The van der Waals surface area contributed by atoms with E-state index in [0.29, 0.717) is 17.2 Å². The molecule has 1 aromatic rings. The van der Waals surface area contributed by atoms with Crippen molar-refractivity contribution in [3.05, 3.63) is 35.4 Å². The summed E-state index contributed by atoms with van der Waals surface area (Å²) in [6.07, 6.45) is 1.03. The Bertz CT molecular complexity index is 567. The third kappa shape index (κ3) is 3.54. The normalized spacial score (nSPS) is 22.1. The monoisotopic (exact) mass is 317 g/mol. The van der Waals surface area contributed by atoms with E-state index >= 15 is 0 Å². The Morgan fingerprint density at radius 2 is 1.74 bits per heavy atom. The molecule has 0 aliphatic carbocycles. The van der Waals surface area contributed by atoms with Crippen LogP contribution in [-0.2, 0) is 4.74 Å². The zero-order chi connectivity index (χ0) is 16.2. The fourth-order valence-corrected chi connectivity index (χ4v) is 3.32. The molecule has 2 aliphatic heterocycles. The van der Waals surface area contributed by atoms with Crippen molar-refractivity contribution in [3.8, 4) is 0 Å². The SMILES string of the molecule is COC(=O)c1ccc(C(=O)N2CCC(N3CCNCC3)C2)cc1. The molecule has 0 spiro atoms. The summed E-state index contributed by atoms with van der Waals surface area (Å²) in [5.41, 5.74) is 1.09. The van der Waals surface area contributed by atoms with Crippen molar-refractivity contribution in [1.29, 1.82) is 0 Å². The molecule has 1 unspecified atom stereocenters. The first-order valence-corrected chi connectivity index (χ1v) is 8.11. The van der Waals surface area contributed by atoms with Crippen LogP contribution in [0.1, 0.15) is 27.1 Å². The van der Waals surface area contributed by atoms with E-state index in [0.717, 1.165) is 45.7 Å². The summed E-state index contributed by atoms with van der Waals surface area (Å²) in [6.45, 7) is 5.75. The largest absolute Gasteiger partial charge is 0.465 e. The number of nitrogens with one attached hydrogen (secondary N) is 1. The molecule has 0 radical (unpaired) electrons. The molecule has 6 heteroatoms. The van der Waals surface area contributed by atoms with Crippen LogP contribution in [0, 0.1) is 0 Å². The quantitative estimate of drug-likeness (QED) is 0.827. The molecule has 6 nitrogen and oxygen atoms in total. The zero-order valence-corrected chi connectivity index (χ0v) is 13.5. The number of likely N-dealkylation sites (tertiary alicyclic amines) is 1. The van der Waals surface area contributed by atoms with Gasteiger partial charge < -0.3 is 15.0 Å². The van der Waals surface area contributed by atoms with E-state index in [1.54, 1.807) is 24.3 Å². The van der Waals surface area contributed by atoms with Crippen molar-refractivity contribution in [3.63, 3.8) is 0 Å². The smallest absolute Gasteiger partial charge is 0.337 e. The minimum Gasteiger partial charge on any atom is -0.465 e. The van der Waals surface area contributed by atoms with Gasteiger partial charge in [-0.25, -0.2) is 4.79 Å². The molecule has 1 amide bonds. The average molecular weight is 317 g/mol. The topological polar surface area (TPSA) is 61.9 Å². The molecule has 1 atom stereocenters. The fraction of sp³-hybridized carbons (Fsp3) is 0.529. The third-order valence-electron chi connectivity index (χ3n) is 4.67. The van der Waals surface area contributed by atoms with Crippen molar-refractivity contribution in [1.82, 2.24) is 15.1 Å². The lowest BCUT2D eigenvalue weighted by atomic mass is 10.1. The molecule has 3 rings (SSSR count).